The molecule has 0 aromatic heterocycles. The maximum absolute atomic E-state index is 12.6. The second-order valence-corrected chi connectivity index (χ2v) is 12.4. The molecule has 0 rings (SSSR count). The third-order valence-corrected chi connectivity index (χ3v) is 9.26. The predicted molar refractivity (Wildman–Crippen MR) is 143 cm³/mol. The molecule has 0 unspecified atom stereocenters. The van der Waals surface area contributed by atoms with Crippen LogP contribution < -0.4 is 0 Å². The molecule has 2 N–H and O–H groups in total. The van der Waals surface area contributed by atoms with Gasteiger partial charge in [-0.3, -0.25) is 4.57 Å². The van der Waals surface area contributed by atoms with E-state index < -0.39 is 12.8 Å². The topological polar surface area (TPSA) is 57.5 Å². The zero-order valence-electron chi connectivity index (χ0n) is 22.2. The fourth-order valence-corrected chi connectivity index (χ4v) is 6.39. The Bertz CT molecular complexity index is 420. The van der Waals surface area contributed by atoms with Crippen molar-refractivity contribution >= 4 is 7.60 Å². The lowest BCUT2D eigenvalue weighted by atomic mass is 9.88. The fourth-order valence-electron chi connectivity index (χ4n) is 5.05. The Morgan fingerprint density at radius 2 is 0.656 bits per heavy atom. The zero-order chi connectivity index (χ0) is 24.0. The normalized spacial score (nSPS) is 12.5. The van der Waals surface area contributed by atoms with Crippen molar-refractivity contribution in [1.82, 2.24) is 0 Å². The fraction of sp³-hybridized carbons (Fsp3) is 1.00. The van der Waals surface area contributed by atoms with E-state index in [1.165, 1.54) is 83.5 Å². The van der Waals surface area contributed by atoms with Crippen LogP contribution in [0, 0.1) is 0 Å². The summed E-state index contributed by atoms with van der Waals surface area (Å²) in [6.07, 6.45) is 27.9. The summed E-state index contributed by atoms with van der Waals surface area (Å²) in [7, 11) is -4.09. The summed E-state index contributed by atoms with van der Waals surface area (Å²) < 4.78 is 12.6. The van der Waals surface area contributed by atoms with Crippen LogP contribution >= 0.6 is 7.60 Å². The molecule has 32 heavy (non-hydrogen) atoms. The summed E-state index contributed by atoms with van der Waals surface area (Å²) in [5.41, 5.74) is 0. The SMILES string of the molecule is CCCCCCCCCCCCCCCC(CCCCCC)(CCCCCC)P(=O)(O)O. The Morgan fingerprint density at radius 3 is 0.906 bits per heavy atom. The summed E-state index contributed by atoms with van der Waals surface area (Å²) in [5.74, 6) is 0. The zero-order valence-corrected chi connectivity index (χ0v) is 23.1. The van der Waals surface area contributed by atoms with Crippen molar-refractivity contribution in [2.24, 2.45) is 0 Å². The Hall–Kier alpha value is 0.150. The average molecular weight is 475 g/mol. The van der Waals surface area contributed by atoms with Gasteiger partial charge in [0, 0.05) is 0 Å². The molecule has 0 saturated heterocycles. The molecule has 0 radical (unpaired) electrons. The highest BCUT2D eigenvalue weighted by Gasteiger charge is 2.44. The molecule has 0 amide bonds. The minimum absolute atomic E-state index is 0.710. The van der Waals surface area contributed by atoms with E-state index in [-0.39, 0.29) is 0 Å². The van der Waals surface area contributed by atoms with Crippen LogP contribution in [0.2, 0.25) is 0 Å². The highest BCUT2D eigenvalue weighted by molar-refractivity contribution is 7.53. The average Bonchev–Trinajstić information content (AvgIpc) is 2.76. The Labute approximate surface area is 202 Å². The van der Waals surface area contributed by atoms with Crippen molar-refractivity contribution in [3.63, 3.8) is 0 Å². The standard InChI is InChI=1S/C28H59O3P/c1-4-7-10-13-14-15-16-17-18-19-20-21-24-27-28(32(29,30)31,25-22-11-8-5-2)26-23-12-9-6-3/h4-27H2,1-3H3,(H2,29,30,31). The van der Waals surface area contributed by atoms with Gasteiger partial charge in [-0.1, -0.05) is 156 Å². The molecular weight excluding hydrogens is 415 g/mol. The van der Waals surface area contributed by atoms with Crippen molar-refractivity contribution in [2.75, 3.05) is 0 Å². The van der Waals surface area contributed by atoms with Gasteiger partial charge in [0.1, 0.15) is 0 Å². The highest BCUT2D eigenvalue weighted by atomic mass is 31.2. The van der Waals surface area contributed by atoms with Gasteiger partial charge in [0.25, 0.3) is 0 Å². The number of hydrogen-bond donors (Lipinski definition) is 2. The molecule has 0 saturated carbocycles. The number of rotatable bonds is 25. The first-order chi connectivity index (χ1) is 15.4. The Morgan fingerprint density at radius 1 is 0.438 bits per heavy atom. The molecule has 0 spiro atoms. The predicted octanol–water partition coefficient (Wildman–Crippen LogP) is 10.3. The van der Waals surface area contributed by atoms with Crippen molar-refractivity contribution in [1.29, 1.82) is 0 Å². The first-order valence-electron chi connectivity index (χ1n) is 14.5. The quantitative estimate of drug-likeness (QED) is 0.102. The van der Waals surface area contributed by atoms with Gasteiger partial charge in [-0.2, -0.15) is 0 Å². The minimum atomic E-state index is -4.09. The van der Waals surface area contributed by atoms with Gasteiger partial charge in [0.15, 0.2) is 0 Å². The van der Waals surface area contributed by atoms with Crippen molar-refractivity contribution < 1.29 is 14.4 Å². The summed E-state index contributed by atoms with van der Waals surface area (Å²) in [5, 5.41) is -0.758. The van der Waals surface area contributed by atoms with Crippen molar-refractivity contribution in [2.45, 2.75) is 180 Å². The van der Waals surface area contributed by atoms with Gasteiger partial charge in [0.05, 0.1) is 5.16 Å². The molecule has 0 aliphatic carbocycles. The van der Waals surface area contributed by atoms with Crippen LogP contribution in [-0.4, -0.2) is 14.9 Å². The molecule has 3 nitrogen and oxygen atoms in total. The van der Waals surface area contributed by atoms with Crippen LogP contribution in [0.1, 0.15) is 175 Å². The second-order valence-electron chi connectivity index (χ2n) is 10.4. The molecule has 0 aliphatic rings. The maximum atomic E-state index is 12.6. The summed E-state index contributed by atoms with van der Waals surface area (Å²) in [6.45, 7) is 6.65. The second kappa shape index (κ2) is 21.7. The molecular formula is C28H59O3P. The van der Waals surface area contributed by atoms with E-state index in [2.05, 4.69) is 20.8 Å². The van der Waals surface area contributed by atoms with Crippen LogP contribution in [0.3, 0.4) is 0 Å². The van der Waals surface area contributed by atoms with Gasteiger partial charge in [-0.15, -0.1) is 0 Å². The van der Waals surface area contributed by atoms with Gasteiger partial charge < -0.3 is 9.79 Å². The molecule has 4 heteroatoms. The van der Waals surface area contributed by atoms with Crippen molar-refractivity contribution in [3.05, 3.63) is 0 Å². The Kier molecular flexibility index (Phi) is 21.8. The van der Waals surface area contributed by atoms with Gasteiger partial charge >= 0.3 is 7.60 Å². The van der Waals surface area contributed by atoms with E-state index >= 15 is 0 Å². The molecule has 0 bridgehead atoms. The molecule has 0 aromatic rings. The molecule has 0 fully saturated rings. The van der Waals surface area contributed by atoms with E-state index in [9.17, 15) is 14.4 Å². The molecule has 194 valence electrons. The third kappa shape index (κ3) is 16.7. The van der Waals surface area contributed by atoms with E-state index in [4.69, 9.17) is 0 Å². The molecule has 0 atom stereocenters. The summed E-state index contributed by atoms with van der Waals surface area (Å²) in [6, 6.07) is 0. The first-order valence-corrected chi connectivity index (χ1v) is 16.1. The van der Waals surface area contributed by atoms with E-state index in [0.29, 0.717) is 19.3 Å². The number of unbranched alkanes of at least 4 members (excludes halogenated alkanes) is 18. The van der Waals surface area contributed by atoms with Crippen LogP contribution in [0.25, 0.3) is 0 Å². The van der Waals surface area contributed by atoms with Gasteiger partial charge in [-0.05, 0) is 19.3 Å². The van der Waals surface area contributed by atoms with E-state index in [0.717, 1.165) is 51.4 Å². The van der Waals surface area contributed by atoms with Crippen LogP contribution in [0.15, 0.2) is 0 Å². The molecule has 0 aliphatic heterocycles. The van der Waals surface area contributed by atoms with Crippen LogP contribution in [0.5, 0.6) is 0 Å². The molecule has 0 heterocycles. The maximum Gasteiger partial charge on any atom is 0.331 e. The van der Waals surface area contributed by atoms with Crippen LogP contribution in [-0.2, 0) is 4.57 Å². The minimum Gasteiger partial charge on any atom is -0.324 e. The monoisotopic (exact) mass is 474 g/mol. The summed E-state index contributed by atoms with van der Waals surface area (Å²) in [4.78, 5) is 20.7. The van der Waals surface area contributed by atoms with E-state index in [1.807, 2.05) is 0 Å². The highest BCUT2D eigenvalue weighted by Crippen LogP contribution is 2.58. The third-order valence-electron chi connectivity index (χ3n) is 7.35. The largest absolute Gasteiger partial charge is 0.331 e. The summed E-state index contributed by atoms with van der Waals surface area (Å²) >= 11 is 0. The van der Waals surface area contributed by atoms with Crippen LogP contribution in [0.4, 0.5) is 0 Å². The lowest BCUT2D eigenvalue weighted by molar-refractivity contribution is 0.281. The first kappa shape index (κ1) is 32.1. The lowest BCUT2D eigenvalue weighted by Crippen LogP contribution is -2.29. The van der Waals surface area contributed by atoms with Gasteiger partial charge in [-0.25, -0.2) is 0 Å². The van der Waals surface area contributed by atoms with Crippen molar-refractivity contribution in [3.8, 4) is 0 Å². The Balaban J connectivity index is 4.24. The lowest BCUT2D eigenvalue weighted by Gasteiger charge is -2.35. The smallest absolute Gasteiger partial charge is 0.324 e. The van der Waals surface area contributed by atoms with Gasteiger partial charge in [0.2, 0.25) is 0 Å². The number of hydrogen-bond acceptors (Lipinski definition) is 1. The molecule has 0 aromatic carbocycles. The van der Waals surface area contributed by atoms with E-state index in [1.54, 1.807) is 0 Å².